The predicted molar refractivity (Wildman–Crippen MR) is 126 cm³/mol. The van der Waals surface area contributed by atoms with Gasteiger partial charge in [-0.2, -0.15) is 5.10 Å². The highest BCUT2D eigenvalue weighted by Crippen LogP contribution is 2.29. The second-order valence-electron chi connectivity index (χ2n) is 6.89. The van der Waals surface area contributed by atoms with Crippen molar-refractivity contribution in [2.24, 2.45) is 10.8 Å². The van der Waals surface area contributed by atoms with Gasteiger partial charge in [-0.1, -0.05) is 11.6 Å². The number of amides is 1. The van der Waals surface area contributed by atoms with Gasteiger partial charge in [-0.3, -0.25) is 9.80 Å². The Kier molecular flexibility index (Phi) is 12.1. The standard InChI is InChI=1S/C19H27Cl2F2N5O2.C2H2/c1-13(11-24)28(25-16(10-20)19(22)23)12-18(29)27-7-5-26(6-8-27)14-3-4-15(21)17(9-14)30-2;1-2/h3-4,9,13,19H,5-8,10-12,24H2,1-2H3;1-2H/b25-16+;. The molecule has 0 bridgehead atoms. The number of halogens is 4. The number of alkyl halides is 3. The first-order valence-electron chi connectivity index (χ1n) is 9.88. The van der Waals surface area contributed by atoms with Crippen molar-refractivity contribution >= 4 is 40.5 Å². The lowest BCUT2D eigenvalue weighted by Crippen LogP contribution is -2.52. The summed E-state index contributed by atoms with van der Waals surface area (Å²) in [4.78, 5) is 16.6. The van der Waals surface area contributed by atoms with E-state index in [1.807, 2.05) is 12.1 Å². The van der Waals surface area contributed by atoms with Crippen LogP contribution in [0.15, 0.2) is 23.3 Å². The van der Waals surface area contributed by atoms with Crippen LogP contribution in [0.5, 0.6) is 5.75 Å². The monoisotopic (exact) mass is 491 g/mol. The summed E-state index contributed by atoms with van der Waals surface area (Å²) in [6, 6.07) is 5.15. The molecule has 1 unspecified atom stereocenters. The van der Waals surface area contributed by atoms with Crippen molar-refractivity contribution in [3.8, 4) is 18.6 Å². The summed E-state index contributed by atoms with van der Waals surface area (Å²) in [5.74, 6) is -0.0234. The highest BCUT2D eigenvalue weighted by atomic mass is 35.5. The van der Waals surface area contributed by atoms with Crippen LogP contribution in [0.25, 0.3) is 0 Å². The van der Waals surface area contributed by atoms with E-state index in [2.05, 4.69) is 22.8 Å². The quantitative estimate of drug-likeness (QED) is 0.249. The normalized spacial score (nSPS) is 15.1. The third-order valence-electron chi connectivity index (χ3n) is 4.93. The number of hydrogen-bond donors (Lipinski definition) is 1. The van der Waals surface area contributed by atoms with Crippen molar-refractivity contribution in [1.82, 2.24) is 9.91 Å². The van der Waals surface area contributed by atoms with E-state index in [4.69, 9.17) is 33.7 Å². The lowest BCUT2D eigenvalue weighted by atomic mass is 10.2. The topological polar surface area (TPSA) is 74.4 Å². The number of methoxy groups -OCH3 is 1. The number of benzene rings is 1. The molecule has 1 amide bonds. The minimum Gasteiger partial charge on any atom is -0.495 e. The molecule has 1 aliphatic heterocycles. The summed E-state index contributed by atoms with van der Waals surface area (Å²) >= 11 is 11.6. The Morgan fingerprint density at radius 1 is 1.31 bits per heavy atom. The number of rotatable bonds is 9. The number of nitrogens with zero attached hydrogens (tertiary/aromatic N) is 4. The Balaban J connectivity index is 0.00000249. The number of anilines is 1. The number of carbonyl (C=O) groups is 1. The number of terminal acetylenes is 1. The number of nitrogens with two attached hydrogens (primary N) is 1. The highest BCUT2D eigenvalue weighted by molar-refractivity contribution is 6.32. The van der Waals surface area contributed by atoms with Gasteiger partial charge in [-0.25, -0.2) is 8.78 Å². The number of piperazine rings is 1. The SMILES string of the molecule is C#C.COc1cc(N2CCN(C(=O)CN(/N=C(\CCl)C(F)F)C(C)CN)CC2)ccc1Cl. The summed E-state index contributed by atoms with van der Waals surface area (Å²) in [6.45, 7) is 3.99. The smallest absolute Gasteiger partial charge is 0.279 e. The van der Waals surface area contributed by atoms with Crippen LogP contribution in [0.1, 0.15) is 6.92 Å². The van der Waals surface area contributed by atoms with Crippen molar-refractivity contribution in [1.29, 1.82) is 0 Å². The van der Waals surface area contributed by atoms with Crippen molar-refractivity contribution < 1.29 is 18.3 Å². The Labute approximate surface area is 198 Å². The van der Waals surface area contributed by atoms with Gasteiger partial charge in [0.2, 0.25) is 5.91 Å². The molecule has 1 atom stereocenters. The van der Waals surface area contributed by atoms with Gasteiger partial charge in [0.05, 0.1) is 24.1 Å². The third kappa shape index (κ3) is 7.69. The maximum atomic E-state index is 13.0. The van der Waals surface area contributed by atoms with Gasteiger partial charge in [0.25, 0.3) is 6.43 Å². The first-order valence-corrected chi connectivity index (χ1v) is 10.8. The highest BCUT2D eigenvalue weighted by Gasteiger charge is 2.25. The molecular formula is C21H29Cl2F2N5O2. The minimum absolute atomic E-state index is 0.139. The van der Waals surface area contributed by atoms with Crippen LogP contribution >= 0.6 is 23.2 Å². The fourth-order valence-corrected chi connectivity index (χ4v) is 3.37. The van der Waals surface area contributed by atoms with Gasteiger partial charge in [0.15, 0.2) is 0 Å². The van der Waals surface area contributed by atoms with E-state index in [0.29, 0.717) is 37.0 Å². The zero-order valence-electron chi connectivity index (χ0n) is 18.2. The van der Waals surface area contributed by atoms with E-state index < -0.39 is 18.0 Å². The average Bonchev–Trinajstić information content (AvgIpc) is 2.82. The van der Waals surface area contributed by atoms with E-state index in [9.17, 15) is 13.6 Å². The van der Waals surface area contributed by atoms with Gasteiger partial charge >= 0.3 is 0 Å². The Morgan fingerprint density at radius 3 is 2.44 bits per heavy atom. The molecule has 2 rings (SSSR count). The number of hydrazone groups is 1. The summed E-state index contributed by atoms with van der Waals surface area (Å²) in [7, 11) is 1.56. The first-order chi connectivity index (χ1) is 15.3. The van der Waals surface area contributed by atoms with Crippen molar-refractivity contribution in [2.75, 3.05) is 57.2 Å². The molecule has 32 heavy (non-hydrogen) atoms. The molecule has 2 N–H and O–H groups in total. The number of hydrogen-bond acceptors (Lipinski definition) is 6. The second-order valence-corrected chi connectivity index (χ2v) is 7.57. The molecule has 1 fully saturated rings. The maximum Gasteiger partial charge on any atom is 0.279 e. The minimum atomic E-state index is -2.79. The van der Waals surface area contributed by atoms with Crippen LogP contribution in [0.3, 0.4) is 0 Å². The van der Waals surface area contributed by atoms with Gasteiger partial charge in [0, 0.05) is 44.5 Å². The lowest BCUT2D eigenvalue weighted by molar-refractivity contribution is -0.133. The van der Waals surface area contributed by atoms with Gasteiger partial charge in [-0.05, 0) is 19.1 Å². The Hall–Kier alpha value is -2.28. The second kappa shape index (κ2) is 14.0. The Morgan fingerprint density at radius 2 is 1.94 bits per heavy atom. The molecule has 7 nitrogen and oxygen atoms in total. The van der Waals surface area contributed by atoms with Crippen LogP contribution in [-0.4, -0.2) is 86.3 Å². The molecule has 1 heterocycles. The molecule has 11 heteroatoms. The van der Waals surface area contributed by atoms with E-state index in [-0.39, 0.29) is 25.0 Å². The molecule has 1 aromatic carbocycles. The van der Waals surface area contributed by atoms with E-state index >= 15 is 0 Å². The molecule has 0 spiro atoms. The van der Waals surface area contributed by atoms with Crippen molar-refractivity contribution in [2.45, 2.75) is 19.4 Å². The average molecular weight is 492 g/mol. The molecule has 1 aliphatic rings. The third-order valence-corrected chi connectivity index (χ3v) is 5.51. The molecule has 1 saturated heterocycles. The van der Waals surface area contributed by atoms with Crippen LogP contribution in [0.4, 0.5) is 14.5 Å². The van der Waals surface area contributed by atoms with Crippen LogP contribution in [0.2, 0.25) is 5.02 Å². The van der Waals surface area contributed by atoms with E-state index in [1.54, 1.807) is 25.0 Å². The maximum absolute atomic E-state index is 13.0. The molecule has 0 radical (unpaired) electrons. The molecule has 0 aliphatic carbocycles. The van der Waals surface area contributed by atoms with Crippen LogP contribution in [0, 0.1) is 12.8 Å². The zero-order valence-corrected chi connectivity index (χ0v) is 19.7. The molecule has 178 valence electrons. The molecular weight excluding hydrogens is 463 g/mol. The molecule has 0 aromatic heterocycles. The zero-order chi connectivity index (χ0) is 24.3. The van der Waals surface area contributed by atoms with Crippen LogP contribution in [-0.2, 0) is 4.79 Å². The van der Waals surface area contributed by atoms with E-state index in [0.717, 1.165) is 5.69 Å². The summed E-state index contributed by atoms with van der Waals surface area (Å²) in [5, 5.41) is 5.72. The molecule has 0 saturated carbocycles. The largest absolute Gasteiger partial charge is 0.495 e. The summed E-state index contributed by atoms with van der Waals surface area (Å²) in [5.41, 5.74) is 6.13. The lowest BCUT2D eigenvalue weighted by Gasteiger charge is -2.37. The first kappa shape index (κ1) is 27.8. The van der Waals surface area contributed by atoms with Crippen LogP contribution < -0.4 is 15.4 Å². The number of carbonyl (C=O) groups excluding carboxylic acids is 1. The van der Waals surface area contributed by atoms with Gasteiger partial charge in [0.1, 0.15) is 18.0 Å². The fourth-order valence-electron chi connectivity index (χ4n) is 3.00. The number of ether oxygens (including phenoxy) is 1. The summed E-state index contributed by atoms with van der Waals surface area (Å²) in [6.07, 6.45) is 5.21. The van der Waals surface area contributed by atoms with Gasteiger partial charge < -0.3 is 20.3 Å². The fraction of sp³-hybridized carbons (Fsp3) is 0.524. The predicted octanol–water partition coefficient (Wildman–Crippen LogP) is 2.76. The van der Waals surface area contributed by atoms with Crippen molar-refractivity contribution in [3.63, 3.8) is 0 Å². The van der Waals surface area contributed by atoms with E-state index in [1.165, 1.54) is 5.01 Å². The summed E-state index contributed by atoms with van der Waals surface area (Å²) < 4.78 is 31.3. The van der Waals surface area contributed by atoms with Crippen molar-refractivity contribution in [3.05, 3.63) is 23.2 Å². The Bertz CT molecular complexity index is 787. The molecule has 1 aromatic rings. The van der Waals surface area contributed by atoms with Gasteiger partial charge in [-0.15, -0.1) is 24.4 Å².